The van der Waals surface area contributed by atoms with Crippen molar-refractivity contribution in [2.24, 2.45) is 0 Å². The molecule has 1 amide bonds. The standard InChI is InChI=1S/C7H5ClN2O/c8-3-1-4-6(9)5(2-3)10-7(4)11/h1-2H,9H2,(H,10,11). The predicted molar refractivity (Wildman–Crippen MR) is 43.8 cm³/mol. The van der Waals surface area contributed by atoms with E-state index in [1.807, 2.05) is 0 Å². The summed E-state index contributed by atoms with van der Waals surface area (Å²) in [6.45, 7) is 0. The first-order valence-electron chi connectivity index (χ1n) is 3.09. The molecule has 1 aliphatic heterocycles. The summed E-state index contributed by atoms with van der Waals surface area (Å²) in [5.74, 6) is -0.176. The summed E-state index contributed by atoms with van der Waals surface area (Å²) in [5, 5.41) is 3.11. The van der Waals surface area contributed by atoms with Crippen LogP contribution in [0.4, 0.5) is 11.4 Å². The molecule has 1 heterocycles. The van der Waals surface area contributed by atoms with E-state index < -0.39 is 0 Å². The molecule has 2 rings (SSSR count). The lowest BCUT2D eigenvalue weighted by Gasteiger charge is -1.95. The van der Waals surface area contributed by atoms with E-state index in [-0.39, 0.29) is 5.91 Å². The van der Waals surface area contributed by atoms with Crippen molar-refractivity contribution >= 4 is 28.9 Å². The van der Waals surface area contributed by atoms with Crippen molar-refractivity contribution in [2.45, 2.75) is 0 Å². The summed E-state index contributed by atoms with van der Waals surface area (Å²) < 4.78 is 0. The molecule has 0 atom stereocenters. The van der Waals surface area contributed by atoms with Crippen LogP contribution in [0.5, 0.6) is 0 Å². The van der Waals surface area contributed by atoms with Gasteiger partial charge >= 0.3 is 0 Å². The number of amides is 1. The number of hydrogen-bond donors (Lipinski definition) is 2. The summed E-state index contributed by atoms with van der Waals surface area (Å²) in [4.78, 5) is 11.0. The number of benzene rings is 1. The molecule has 0 aromatic heterocycles. The lowest BCUT2D eigenvalue weighted by molar-refractivity contribution is 0.103. The average Bonchev–Trinajstić information content (AvgIpc) is 2.17. The molecule has 1 aromatic rings. The van der Waals surface area contributed by atoms with Gasteiger partial charge in [-0.3, -0.25) is 4.79 Å². The fraction of sp³-hybridized carbons (Fsp3) is 0. The molecule has 0 spiro atoms. The molecule has 1 aromatic carbocycles. The minimum atomic E-state index is -0.176. The molecule has 3 N–H and O–H groups in total. The first-order valence-corrected chi connectivity index (χ1v) is 3.46. The van der Waals surface area contributed by atoms with Crippen molar-refractivity contribution in [1.82, 2.24) is 0 Å². The Morgan fingerprint density at radius 1 is 1.45 bits per heavy atom. The number of nitrogens with one attached hydrogen (secondary N) is 1. The van der Waals surface area contributed by atoms with Gasteiger partial charge in [0.15, 0.2) is 0 Å². The van der Waals surface area contributed by atoms with E-state index in [2.05, 4.69) is 5.32 Å². The lowest BCUT2D eigenvalue weighted by atomic mass is 10.2. The zero-order chi connectivity index (χ0) is 8.01. The zero-order valence-corrected chi connectivity index (χ0v) is 6.27. The Hall–Kier alpha value is -1.22. The third-order valence-electron chi connectivity index (χ3n) is 1.64. The van der Waals surface area contributed by atoms with Crippen LogP contribution in [-0.2, 0) is 0 Å². The van der Waals surface area contributed by atoms with Crippen LogP contribution >= 0.6 is 11.6 Å². The molecule has 56 valence electrons. The summed E-state index contributed by atoms with van der Waals surface area (Å²) in [5.41, 5.74) is 7.12. The van der Waals surface area contributed by atoms with Crippen LogP contribution < -0.4 is 11.1 Å². The molecule has 4 heteroatoms. The van der Waals surface area contributed by atoms with E-state index in [0.717, 1.165) is 0 Å². The van der Waals surface area contributed by atoms with Gasteiger partial charge in [-0.15, -0.1) is 0 Å². The van der Waals surface area contributed by atoms with Crippen LogP contribution in [0.2, 0.25) is 5.02 Å². The van der Waals surface area contributed by atoms with Crippen molar-refractivity contribution in [2.75, 3.05) is 11.1 Å². The summed E-state index contributed by atoms with van der Waals surface area (Å²) in [6, 6.07) is 3.19. The highest BCUT2D eigenvalue weighted by atomic mass is 35.5. The second kappa shape index (κ2) is 1.89. The Bertz CT molecular complexity index is 349. The smallest absolute Gasteiger partial charge is 0.257 e. The van der Waals surface area contributed by atoms with E-state index in [1.54, 1.807) is 12.1 Å². The van der Waals surface area contributed by atoms with Crippen LogP contribution in [0.15, 0.2) is 12.1 Å². The molecule has 2 bridgehead atoms. The fourth-order valence-electron chi connectivity index (χ4n) is 1.10. The molecule has 0 aliphatic carbocycles. The van der Waals surface area contributed by atoms with Crippen molar-refractivity contribution in [3.63, 3.8) is 0 Å². The van der Waals surface area contributed by atoms with Gasteiger partial charge in [0.25, 0.3) is 5.91 Å². The Labute approximate surface area is 68.1 Å². The molecule has 3 nitrogen and oxygen atoms in total. The van der Waals surface area contributed by atoms with Crippen LogP contribution in [0.3, 0.4) is 0 Å². The third-order valence-corrected chi connectivity index (χ3v) is 1.86. The maximum atomic E-state index is 11.0. The molecule has 11 heavy (non-hydrogen) atoms. The molecule has 1 aliphatic rings. The highest BCUT2D eigenvalue weighted by Gasteiger charge is 2.21. The van der Waals surface area contributed by atoms with Crippen LogP contribution in [0, 0.1) is 0 Å². The zero-order valence-electron chi connectivity index (χ0n) is 5.52. The largest absolute Gasteiger partial charge is 0.396 e. The summed E-state index contributed by atoms with van der Waals surface area (Å²) in [6.07, 6.45) is 0. The van der Waals surface area contributed by atoms with Gasteiger partial charge in [-0.25, -0.2) is 0 Å². The van der Waals surface area contributed by atoms with Crippen LogP contribution in [0.25, 0.3) is 0 Å². The first-order chi connectivity index (χ1) is 5.18. The molecule has 0 radical (unpaired) electrons. The van der Waals surface area contributed by atoms with Gasteiger partial charge in [0.1, 0.15) is 0 Å². The van der Waals surface area contributed by atoms with Gasteiger partial charge in [0.05, 0.1) is 16.9 Å². The number of nitrogen functional groups attached to an aromatic ring is 1. The normalized spacial score (nSPS) is 13.4. The van der Waals surface area contributed by atoms with Gasteiger partial charge in [0.2, 0.25) is 0 Å². The van der Waals surface area contributed by atoms with Crippen molar-refractivity contribution < 1.29 is 4.79 Å². The maximum absolute atomic E-state index is 11.0. The molecular formula is C7H5ClN2O. The second-order valence-corrected chi connectivity index (χ2v) is 2.81. The number of carbonyl (C=O) groups is 1. The van der Waals surface area contributed by atoms with Crippen molar-refractivity contribution in [3.05, 3.63) is 22.7 Å². The van der Waals surface area contributed by atoms with E-state index in [9.17, 15) is 4.79 Å². The number of fused-ring (bicyclic) bond motifs is 2. The van der Waals surface area contributed by atoms with E-state index >= 15 is 0 Å². The van der Waals surface area contributed by atoms with Crippen molar-refractivity contribution in [1.29, 1.82) is 0 Å². The third kappa shape index (κ3) is 0.778. The quantitative estimate of drug-likeness (QED) is 0.577. The molecule has 0 saturated carbocycles. The SMILES string of the molecule is Nc1c2cc(Cl)cc1C(=O)N2. The molecular weight excluding hydrogens is 164 g/mol. The molecule has 0 saturated heterocycles. The maximum Gasteiger partial charge on any atom is 0.257 e. The predicted octanol–water partition coefficient (Wildman–Crippen LogP) is 1.49. The minimum Gasteiger partial charge on any atom is -0.396 e. The van der Waals surface area contributed by atoms with E-state index in [0.29, 0.717) is 22.0 Å². The monoisotopic (exact) mass is 168 g/mol. The highest BCUT2D eigenvalue weighted by molar-refractivity contribution is 6.33. The first kappa shape index (κ1) is 6.49. The van der Waals surface area contributed by atoms with Gasteiger partial charge in [-0.05, 0) is 12.1 Å². The van der Waals surface area contributed by atoms with E-state index in [1.165, 1.54) is 0 Å². The van der Waals surface area contributed by atoms with Gasteiger partial charge in [-0.2, -0.15) is 0 Å². The number of nitrogens with two attached hydrogens (primary N) is 1. The Morgan fingerprint density at radius 3 is 2.82 bits per heavy atom. The topological polar surface area (TPSA) is 55.1 Å². The minimum absolute atomic E-state index is 0.176. The molecule has 0 unspecified atom stereocenters. The fourth-order valence-corrected chi connectivity index (χ4v) is 1.32. The Kier molecular flexibility index (Phi) is 1.11. The number of rotatable bonds is 0. The average molecular weight is 169 g/mol. The van der Waals surface area contributed by atoms with Gasteiger partial charge in [0, 0.05) is 5.02 Å². The number of anilines is 2. The molecule has 0 fully saturated rings. The number of hydrogen-bond acceptors (Lipinski definition) is 2. The van der Waals surface area contributed by atoms with Gasteiger partial charge in [-0.1, -0.05) is 11.6 Å². The summed E-state index contributed by atoms with van der Waals surface area (Å²) in [7, 11) is 0. The Balaban J connectivity index is 2.75. The second-order valence-electron chi connectivity index (χ2n) is 2.37. The van der Waals surface area contributed by atoms with Crippen molar-refractivity contribution in [3.8, 4) is 0 Å². The van der Waals surface area contributed by atoms with Crippen LogP contribution in [-0.4, -0.2) is 5.91 Å². The Morgan fingerprint density at radius 2 is 2.18 bits per heavy atom. The van der Waals surface area contributed by atoms with E-state index in [4.69, 9.17) is 17.3 Å². The number of halogens is 1. The van der Waals surface area contributed by atoms with Gasteiger partial charge < -0.3 is 11.1 Å². The number of carbonyl (C=O) groups excluding carboxylic acids is 1. The van der Waals surface area contributed by atoms with Crippen LogP contribution in [0.1, 0.15) is 10.4 Å². The lowest BCUT2D eigenvalue weighted by Crippen LogP contribution is -2.02. The highest BCUT2D eigenvalue weighted by Crippen LogP contribution is 2.33. The summed E-state index contributed by atoms with van der Waals surface area (Å²) >= 11 is 5.68.